The van der Waals surface area contributed by atoms with E-state index in [1.54, 1.807) is 11.5 Å². The molecule has 5 nitrogen and oxygen atoms in total. The third-order valence-electron chi connectivity index (χ3n) is 2.90. The number of pyridine rings is 1. The monoisotopic (exact) mass is 274 g/mol. The van der Waals surface area contributed by atoms with Crippen molar-refractivity contribution in [1.29, 1.82) is 0 Å². The van der Waals surface area contributed by atoms with Gasteiger partial charge < -0.3 is 4.40 Å². The van der Waals surface area contributed by atoms with Crippen molar-refractivity contribution in [2.45, 2.75) is 13.5 Å². The molecule has 3 aromatic rings. The predicted molar refractivity (Wildman–Crippen MR) is 72.5 cm³/mol. The van der Waals surface area contributed by atoms with Crippen molar-refractivity contribution >= 4 is 17.2 Å². The van der Waals surface area contributed by atoms with Gasteiger partial charge in [0.1, 0.15) is 16.6 Å². The van der Waals surface area contributed by atoms with Crippen LogP contribution in [0.5, 0.6) is 0 Å². The maximum absolute atomic E-state index is 11.9. The molecule has 6 heteroatoms. The lowest BCUT2D eigenvalue weighted by molar-refractivity contribution is 0.689. The first kappa shape index (κ1) is 11.9. The molecular formula is C13H11ClN4O. The van der Waals surface area contributed by atoms with Crippen LogP contribution in [0.2, 0.25) is 5.15 Å². The van der Waals surface area contributed by atoms with E-state index in [9.17, 15) is 4.79 Å². The number of halogens is 1. The smallest absolute Gasteiger partial charge is 0.255 e. The second-order valence-corrected chi connectivity index (χ2v) is 4.64. The molecule has 3 rings (SSSR count). The summed E-state index contributed by atoms with van der Waals surface area (Å²) >= 11 is 5.75. The summed E-state index contributed by atoms with van der Waals surface area (Å²) < 4.78 is 3.46. The minimum Gasteiger partial charge on any atom is -0.307 e. The van der Waals surface area contributed by atoms with Gasteiger partial charge in [0.05, 0.1) is 12.2 Å². The number of rotatable bonds is 2. The van der Waals surface area contributed by atoms with Crippen LogP contribution in [0.3, 0.4) is 0 Å². The van der Waals surface area contributed by atoms with Crippen molar-refractivity contribution in [3.63, 3.8) is 0 Å². The first-order valence-corrected chi connectivity index (χ1v) is 6.18. The first-order valence-electron chi connectivity index (χ1n) is 5.80. The summed E-state index contributed by atoms with van der Waals surface area (Å²) in [6.45, 7) is 2.14. The maximum atomic E-state index is 11.9. The van der Waals surface area contributed by atoms with Gasteiger partial charge in [-0.2, -0.15) is 0 Å². The van der Waals surface area contributed by atoms with Crippen molar-refractivity contribution in [2.24, 2.45) is 0 Å². The van der Waals surface area contributed by atoms with E-state index < -0.39 is 0 Å². The van der Waals surface area contributed by atoms with Gasteiger partial charge in [0.2, 0.25) is 0 Å². The van der Waals surface area contributed by atoms with Crippen LogP contribution in [-0.4, -0.2) is 18.9 Å². The molecule has 0 aromatic carbocycles. The van der Waals surface area contributed by atoms with Gasteiger partial charge in [0.25, 0.3) is 5.56 Å². The third-order valence-corrected chi connectivity index (χ3v) is 3.10. The number of hydrogen-bond donors (Lipinski definition) is 0. The average molecular weight is 275 g/mol. The first-order chi connectivity index (χ1) is 9.13. The van der Waals surface area contributed by atoms with Gasteiger partial charge in [-0.1, -0.05) is 17.7 Å². The Kier molecular flexibility index (Phi) is 2.83. The summed E-state index contributed by atoms with van der Waals surface area (Å²) in [4.78, 5) is 20.4. The highest BCUT2D eigenvalue weighted by molar-refractivity contribution is 6.29. The molecule has 19 heavy (non-hydrogen) atoms. The van der Waals surface area contributed by atoms with Crippen LogP contribution in [0.4, 0.5) is 0 Å². The van der Waals surface area contributed by atoms with E-state index in [4.69, 9.17) is 11.6 Å². The standard InChI is InChI=1S/C13H11ClN4O/c1-9-15-11(14)6-13(19)18(9)8-10-7-17-5-3-2-4-12(17)16-10/h2-7H,8H2,1H3. The van der Waals surface area contributed by atoms with Gasteiger partial charge >= 0.3 is 0 Å². The molecule has 0 bridgehead atoms. The molecule has 0 saturated carbocycles. The lowest BCUT2D eigenvalue weighted by Gasteiger charge is -2.06. The zero-order chi connectivity index (χ0) is 13.4. The fourth-order valence-corrected chi connectivity index (χ4v) is 2.22. The Balaban J connectivity index is 2.03. The molecule has 0 aliphatic carbocycles. The molecule has 0 aliphatic heterocycles. The molecule has 0 aliphatic rings. The fourth-order valence-electron chi connectivity index (χ4n) is 2.00. The number of imidazole rings is 1. The Morgan fingerprint density at radius 2 is 2.16 bits per heavy atom. The van der Waals surface area contributed by atoms with Crippen molar-refractivity contribution in [1.82, 2.24) is 18.9 Å². The van der Waals surface area contributed by atoms with E-state index in [1.807, 2.05) is 35.0 Å². The lowest BCUT2D eigenvalue weighted by Crippen LogP contribution is -2.23. The molecule has 0 amide bonds. The third kappa shape index (κ3) is 2.24. The molecule has 96 valence electrons. The maximum Gasteiger partial charge on any atom is 0.255 e. The van der Waals surface area contributed by atoms with E-state index >= 15 is 0 Å². The van der Waals surface area contributed by atoms with Crippen LogP contribution in [-0.2, 0) is 6.54 Å². The van der Waals surface area contributed by atoms with Crippen molar-refractivity contribution in [3.05, 3.63) is 63.7 Å². The number of fused-ring (bicyclic) bond motifs is 1. The van der Waals surface area contributed by atoms with Gasteiger partial charge in [-0.3, -0.25) is 9.36 Å². The summed E-state index contributed by atoms with van der Waals surface area (Å²) in [7, 11) is 0. The molecule has 3 aromatic heterocycles. The van der Waals surface area contributed by atoms with Gasteiger partial charge in [0.15, 0.2) is 0 Å². The highest BCUT2D eigenvalue weighted by Crippen LogP contribution is 2.07. The Morgan fingerprint density at radius 1 is 1.32 bits per heavy atom. The van der Waals surface area contributed by atoms with E-state index in [1.165, 1.54) is 6.07 Å². The highest BCUT2D eigenvalue weighted by atomic mass is 35.5. The topological polar surface area (TPSA) is 52.2 Å². The number of aromatic nitrogens is 4. The lowest BCUT2D eigenvalue weighted by atomic mass is 10.4. The number of aryl methyl sites for hydroxylation is 1. The van der Waals surface area contributed by atoms with Gasteiger partial charge in [-0.15, -0.1) is 0 Å². The molecule has 0 unspecified atom stereocenters. The van der Waals surface area contributed by atoms with Crippen LogP contribution in [0.25, 0.3) is 5.65 Å². The molecule has 0 radical (unpaired) electrons. The normalized spacial score (nSPS) is 11.1. The molecule has 0 saturated heterocycles. The Morgan fingerprint density at radius 3 is 2.89 bits per heavy atom. The van der Waals surface area contributed by atoms with Crippen LogP contribution in [0.15, 0.2) is 41.5 Å². The largest absolute Gasteiger partial charge is 0.307 e. The van der Waals surface area contributed by atoms with Crippen molar-refractivity contribution in [2.75, 3.05) is 0 Å². The summed E-state index contributed by atoms with van der Waals surface area (Å²) in [5.41, 5.74) is 1.49. The number of hydrogen-bond acceptors (Lipinski definition) is 3. The van der Waals surface area contributed by atoms with Crippen LogP contribution >= 0.6 is 11.6 Å². The quantitative estimate of drug-likeness (QED) is 0.671. The Labute approximate surface area is 114 Å². The van der Waals surface area contributed by atoms with Gasteiger partial charge in [-0.25, -0.2) is 9.97 Å². The Bertz CT molecular complexity index is 773. The second-order valence-electron chi connectivity index (χ2n) is 4.25. The molecular weight excluding hydrogens is 264 g/mol. The minimum atomic E-state index is -0.172. The molecule has 0 N–H and O–H groups in total. The average Bonchev–Trinajstić information content (AvgIpc) is 2.76. The molecule has 0 atom stereocenters. The van der Waals surface area contributed by atoms with Crippen LogP contribution in [0, 0.1) is 6.92 Å². The minimum absolute atomic E-state index is 0.172. The summed E-state index contributed by atoms with van der Waals surface area (Å²) in [6, 6.07) is 7.08. The van der Waals surface area contributed by atoms with Gasteiger partial charge in [0, 0.05) is 18.5 Å². The second kappa shape index (κ2) is 4.51. The van der Waals surface area contributed by atoms with E-state index in [2.05, 4.69) is 9.97 Å². The predicted octanol–water partition coefficient (Wildman–Crippen LogP) is 1.90. The highest BCUT2D eigenvalue weighted by Gasteiger charge is 2.07. The zero-order valence-electron chi connectivity index (χ0n) is 10.2. The van der Waals surface area contributed by atoms with Crippen LogP contribution in [0.1, 0.15) is 11.5 Å². The van der Waals surface area contributed by atoms with Gasteiger partial charge in [-0.05, 0) is 19.1 Å². The van der Waals surface area contributed by atoms with E-state index in [0.717, 1.165) is 11.3 Å². The van der Waals surface area contributed by atoms with Crippen molar-refractivity contribution in [3.8, 4) is 0 Å². The summed E-state index contributed by atoms with van der Waals surface area (Å²) in [6.07, 6.45) is 3.82. The van der Waals surface area contributed by atoms with Crippen molar-refractivity contribution < 1.29 is 0 Å². The van der Waals surface area contributed by atoms with E-state index in [-0.39, 0.29) is 10.7 Å². The van der Waals surface area contributed by atoms with Crippen LogP contribution < -0.4 is 5.56 Å². The summed E-state index contributed by atoms with van der Waals surface area (Å²) in [5, 5.41) is 0.216. The number of nitrogens with zero attached hydrogens (tertiary/aromatic N) is 4. The summed E-state index contributed by atoms with van der Waals surface area (Å²) in [5.74, 6) is 0.578. The SMILES string of the molecule is Cc1nc(Cl)cc(=O)n1Cc1cn2ccccc2n1. The molecule has 0 spiro atoms. The Hall–Kier alpha value is -2.14. The molecule has 3 heterocycles. The zero-order valence-corrected chi connectivity index (χ0v) is 11.0. The fraction of sp³-hybridized carbons (Fsp3) is 0.154. The molecule has 0 fully saturated rings. The van der Waals surface area contributed by atoms with E-state index in [0.29, 0.717) is 12.4 Å².